The summed E-state index contributed by atoms with van der Waals surface area (Å²) in [6.07, 6.45) is -3.52. The first-order valence-corrected chi connectivity index (χ1v) is 5.88. The van der Waals surface area contributed by atoms with Crippen molar-refractivity contribution < 1.29 is 27.1 Å². The third-order valence-corrected chi connectivity index (χ3v) is 3.09. The minimum atomic E-state index is -4.80. The first-order chi connectivity index (χ1) is 8.89. The molecule has 2 nitrogen and oxygen atoms in total. The van der Waals surface area contributed by atoms with Crippen LogP contribution in [0, 0.1) is 11.7 Å². The lowest BCUT2D eigenvalue weighted by molar-refractivity contribution is -0.140. The lowest BCUT2D eigenvalue weighted by Gasteiger charge is -2.21. The van der Waals surface area contributed by atoms with Crippen LogP contribution in [0.1, 0.15) is 28.8 Å². The predicted octanol–water partition coefficient (Wildman–Crippen LogP) is 3.45. The maximum absolute atomic E-state index is 13.1. The van der Waals surface area contributed by atoms with Crippen LogP contribution in [0.5, 0.6) is 0 Å². The second kappa shape index (κ2) is 5.28. The zero-order valence-corrected chi connectivity index (χ0v) is 9.97. The van der Waals surface area contributed by atoms with Gasteiger partial charge in [0.25, 0.3) is 0 Å². The van der Waals surface area contributed by atoms with Crippen molar-refractivity contribution in [1.29, 1.82) is 0 Å². The van der Waals surface area contributed by atoms with Gasteiger partial charge in [-0.1, -0.05) is 0 Å². The molecule has 1 atom stereocenters. The van der Waals surface area contributed by atoms with E-state index in [1.165, 1.54) is 0 Å². The zero-order valence-electron chi connectivity index (χ0n) is 9.97. The number of carbonyl (C=O) groups excluding carboxylic acids is 1. The molecule has 1 aliphatic heterocycles. The van der Waals surface area contributed by atoms with Gasteiger partial charge in [-0.15, -0.1) is 0 Å². The van der Waals surface area contributed by atoms with E-state index in [1.807, 2.05) is 0 Å². The van der Waals surface area contributed by atoms with E-state index < -0.39 is 29.3 Å². The highest BCUT2D eigenvalue weighted by Crippen LogP contribution is 2.32. The fourth-order valence-electron chi connectivity index (χ4n) is 2.08. The number of hydrogen-bond donors (Lipinski definition) is 0. The monoisotopic (exact) mass is 276 g/mol. The minimum Gasteiger partial charge on any atom is -0.381 e. The normalized spacial score (nSPS) is 20.3. The zero-order chi connectivity index (χ0) is 14.0. The molecule has 1 unspecified atom stereocenters. The van der Waals surface area contributed by atoms with Crippen LogP contribution in [0.4, 0.5) is 17.6 Å². The number of ether oxygens (including phenoxy) is 1. The van der Waals surface area contributed by atoms with E-state index in [1.54, 1.807) is 0 Å². The SMILES string of the molecule is O=C(c1ccc(F)c(C(F)(F)F)c1)C1CCCOC1. The van der Waals surface area contributed by atoms with Crippen LogP contribution in [-0.2, 0) is 10.9 Å². The highest BCUT2D eigenvalue weighted by molar-refractivity contribution is 5.98. The Bertz CT molecular complexity index is 476. The summed E-state index contributed by atoms with van der Waals surface area (Å²) in [5.41, 5.74) is -1.53. The van der Waals surface area contributed by atoms with Crippen LogP contribution in [0.15, 0.2) is 18.2 Å². The van der Waals surface area contributed by atoms with Crippen molar-refractivity contribution in [2.45, 2.75) is 19.0 Å². The summed E-state index contributed by atoms with van der Waals surface area (Å²) in [4.78, 5) is 12.0. The number of benzene rings is 1. The fourth-order valence-corrected chi connectivity index (χ4v) is 2.08. The van der Waals surface area contributed by atoms with E-state index in [0.29, 0.717) is 31.6 Å². The largest absolute Gasteiger partial charge is 0.419 e. The van der Waals surface area contributed by atoms with Gasteiger partial charge in [0.2, 0.25) is 0 Å². The van der Waals surface area contributed by atoms with Gasteiger partial charge in [-0.2, -0.15) is 13.2 Å². The Kier molecular flexibility index (Phi) is 3.89. The Morgan fingerprint density at radius 3 is 2.63 bits per heavy atom. The van der Waals surface area contributed by atoms with Gasteiger partial charge in [-0.3, -0.25) is 4.79 Å². The Labute approximate surface area is 107 Å². The van der Waals surface area contributed by atoms with Gasteiger partial charge in [0.1, 0.15) is 5.82 Å². The highest BCUT2D eigenvalue weighted by atomic mass is 19.4. The van der Waals surface area contributed by atoms with Gasteiger partial charge in [0.15, 0.2) is 5.78 Å². The predicted molar refractivity (Wildman–Crippen MR) is 59.3 cm³/mol. The quantitative estimate of drug-likeness (QED) is 0.611. The molecule has 1 fully saturated rings. The molecule has 1 heterocycles. The van der Waals surface area contributed by atoms with Crippen LogP contribution in [0.2, 0.25) is 0 Å². The van der Waals surface area contributed by atoms with Crippen LogP contribution in [0.3, 0.4) is 0 Å². The average Bonchev–Trinajstić information content (AvgIpc) is 2.38. The summed E-state index contributed by atoms with van der Waals surface area (Å²) in [5, 5.41) is 0. The van der Waals surface area contributed by atoms with Crippen molar-refractivity contribution in [2.24, 2.45) is 5.92 Å². The van der Waals surface area contributed by atoms with Gasteiger partial charge in [-0.25, -0.2) is 4.39 Å². The Hall–Kier alpha value is -1.43. The van der Waals surface area contributed by atoms with Crippen LogP contribution >= 0.6 is 0 Å². The molecule has 0 amide bonds. The number of rotatable bonds is 2. The molecule has 6 heteroatoms. The van der Waals surface area contributed by atoms with Crippen molar-refractivity contribution in [1.82, 2.24) is 0 Å². The van der Waals surface area contributed by atoms with Gasteiger partial charge in [0.05, 0.1) is 12.2 Å². The van der Waals surface area contributed by atoms with Crippen molar-refractivity contribution in [2.75, 3.05) is 13.2 Å². The molecule has 0 aromatic heterocycles. The van der Waals surface area contributed by atoms with E-state index in [4.69, 9.17) is 4.74 Å². The number of ketones is 1. The van der Waals surface area contributed by atoms with E-state index >= 15 is 0 Å². The van der Waals surface area contributed by atoms with Gasteiger partial charge >= 0.3 is 6.18 Å². The molecule has 0 saturated carbocycles. The molecule has 104 valence electrons. The molecule has 1 aliphatic rings. The molecule has 0 N–H and O–H groups in total. The van der Waals surface area contributed by atoms with E-state index in [2.05, 4.69) is 0 Å². The molecule has 0 radical (unpaired) electrons. The highest BCUT2D eigenvalue weighted by Gasteiger charge is 2.35. The molecular formula is C13H12F4O2. The third kappa shape index (κ3) is 3.12. The van der Waals surface area contributed by atoms with Crippen LogP contribution < -0.4 is 0 Å². The van der Waals surface area contributed by atoms with Gasteiger partial charge < -0.3 is 4.74 Å². The second-order valence-electron chi connectivity index (χ2n) is 4.47. The Morgan fingerprint density at radius 1 is 1.32 bits per heavy atom. The Morgan fingerprint density at radius 2 is 2.05 bits per heavy atom. The summed E-state index contributed by atoms with van der Waals surface area (Å²) in [7, 11) is 0. The van der Waals surface area contributed by atoms with Gasteiger partial charge in [0, 0.05) is 18.1 Å². The third-order valence-electron chi connectivity index (χ3n) is 3.09. The standard InChI is InChI=1S/C13H12F4O2/c14-11-4-3-8(6-10(11)13(15,16)17)12(18)9-2-1-5-19-7-9/h3-4,6,9H,1-2,5,7H2. The number of carbonyl (C=O) groups is 1. The molecule has 0 bridgehead atoms. The smallest absolute Gasteiger partial charge is 0.381 e. The van der Waals surface area contributed by atoms with E-state index in [0.717, 1.165) is 6.07 Å². The van der Waals surface area contributed by atoms with Crippen molar-refractivity contribution >= 4 is 5.78 Å². The van der Waals surface area contributed by atoms with Gasteiger partial charge in [-0.05, 0) is 31.0 Å². The molecule has 1 aromatic carbocycles. The average molecular weight is 276 g/mol. The lowest BCUT2D eigenvalue weighted by atomic mass is 9.92. The first kappa shape index (κ1) is 14.0. The summed E-state index contributed by atoms with van der Waals surface area (Å²) in [6, 6.07) is 2.34. The molecule has 19 heavy (non-hydrogen) atoms. The summed E-state index contributed by atoms with van der Waals surface area (Å²) < 4.78 is 55.9. The van der Waals surface area contributed by atoms with E-state index in [9.17, 15) is 22.4 Å². The minimum absolute atomic E-state index is 0.121. The van der Waals surface area contributed by atoms with Crippen molar-refractivity contribution in [3.8, 4) is 0 Å². The molecule has 1 saturated heterocycles. The van der Waals surface area contributed by atoms with E-state index in [-0.39, 0.29) is 12.2 Å². The van der Waals surface area contributed by atoms with Crippen molar-refractivity contribution in [3.63, 3.8) is 0 Å². The summed E-state index contributed by atoms with van der Waals surface area (Å²) >= 11 is 0. The molecule has 1 aromatic rings. The number of Topliss-reactive ketones (excluding diaryl/α,β-unsaturated/α-hetero) is 1. The lowest BCUT2D eigenvalue weighted by Crippen LogP contribution is -2.25. The first-order valence-electron chi connectivity index (χ1n) is 5.88. The topological polar surface area (TPSA) is 26.3 Å². The summed E-state index contributed by atoms with van der Waals surface area (Å²) in [6.45, 7) is 0.762. The fraction of sp³-hybridized carbons (Fsp3) is 0.462. The molecule has 0 spiro atoms. The maximum atomic E-state index is 13.1. The number of hydrogen-bond acceptors (Lipinski definition) is 2. The maximum Gasteiger partial charge on any atom is 0.419 e. The van der Waals surface area contributed by atoms with Crippen LogP contribution in [-0.4, -0.2) is 19.0 Å². The molecule has 0 aliphatic carbocycles. The molecular weight excluding hydrogens is 264 g/mol. The number of halogens is 4. The second-order valence-corrected chi connectivity index (χ2v) is 4.47. The van der Waals surface area contributed by atoms with Crippen molar-refractivity contribution in [3.05, 3.63) is 35.1 Å². The molecule has 2 rings (SSSR count). The summed E-state index contributed by atoms with van der Waals surface area (Å²) in [5.74, 6) is -2.24. The Balaban J connectivity index is 2.27. The number of alkyl halides is 3. The van der Waals surface area contributed by atoms with Crippen LogP contribution in [0.25, 0.3) is 0 Å².